The number of benzene rings is 2. The Labute approximate surface area is 132 Å². The topological polar surface area (TPSA) is 62.4 Å². The fourth-order valence-corrected chi connectivity index (χ4v) is 2.07. The highest BCUT2D eigenvalue weighted by atomic mass is 15.1. The average molecular weight is 296 g/mol. The molecule has 0 spiro atoms. The molecule has 2 rings (SSSR count). The summed E-state index contributed by atoms with van der Waals surface area (Å²) in [6, 6.07) is 16.3. The number of rotatable bonds is 6. The van der Waals surface area contributed by atoms with Gasteiger partial charge < -0.3 is 16.4 Å². The van der Waals surface area contributed by atoms with E-state index in [2.05, 4.69) is 53.7 Å². The molecule has 2 aromatic carbocycles. The van der Waals surface area contributed by atoms with Crippen LogP contribution < -0.4 is 16.4 Å². The van der Waals surface area contributed by atoms with Gasteiger partial charge in [0, 0.05) is 24.5 Å². The maximum atomic E-state index is 5.91. The third kappa shape index (κ3) is 5.13. The van der Waals surface area contributed by atoms with Crippen molar-refractivity contribution in [3.63, 3.8) is 0 Å². The molecule has 4 N–H and O–H groups in total. The summed E-state index contributed by atoms with van der Waals surface area (Å²) in [4.78, 5) is 4.35. The molecule has 0 amide bonds. The molecule has 0 fully saturated rings. The molecule has 116 valence electrons. The fraction of sp³-hybridized carbons (Fsp3) is 0.278. The molecule has 0 aliphatic carbocycles. The summed E-state index contributed by atoms with van der Waals surface area (Å²) in [5.41, 5.74) is 10.5. The first kappa shape index (κ1) is 15.9. The third-order valence-electron chi connectivity index (χ3n) is 3.50. The molecule has 0 heterocycles. The molecule has 0 aliphatic rings. The Morgan fingerprint density at radius 2 is 1.77 bits per heavy atom. The fourth-order valence-electron chi connectivity index (χ4n) is 2.07. The minimum Gasteiger partial charge on any atom is -0.385 e. The summed E-state index contributed by atoms with van der Waals surface area (Å²) in [6.07, 6.45) is 0.935. The smallest absolute Gasteiger partial charge is 0.193 e. The highest BCUT2D eigenvalue weighted by Gasteiger charge is 1.98. The highest BCUT2D eigenvalue weighted by molar-refractivity contribution is 5.92. The van der Waals surface area contributed by atoms with Gasteiger partial charge in [-0.2, -0.15) is 0 Å². The number of aliphatic imine (C=N–C) groups is 1. The van der Waals surface area contributed by atoms with Crippen molar-refractivity contribution in [1.82, 2.24) is 0 Å². The Balaban J connectivity index is 1.72. The van der Waals surface area contributed by atoms with Gasteiger partial charge in [0.2, 0.25) is 0 Å². The van der Waals surface area contributed by atoms with E-state index in [0.717, 1.165) is 24.3 Å². The quantitative estimate of drug-likeness (QED) is 0.434. The van der Waals surface area contributed by atoms with E-state index >= 15 is 0 Å². The highest BCUT2D eigenvalue weighted by Crippen LogP contribution is 2.13. The Bertz CT molecular complexity index is 620. The van der Waals surface area contributed by atoms with Crippen LogP contribution in [0, 0.1) is 13.8 Å². The Morgan fingerprint density at radius 1 is 1.00 bits per heavy atom. The van der Waals surface area contributed by atoms with E-state index in [0.29, 0.717) is 12.5 Å². The second-order valence-corrected chi connectivity index (χ2v) is 5.34. The Kier molecular flexibility index (Phi) is 5.83. The molecule has 0 aromatic heterocycles. The van der Waals surface area contributed by atoms with E-state index < -0.39 is 0 Å². The number of hydrogen-bond acceptors (Lipinski definition) is 2. The molecule has 2 aromatic rings. The number of nitrogens with two attached hydrogens (primary N) is 1. The van der Waals surface area contributed by atoms with Gasteiger partial charge in [-0.15, -0.1) is 0 Å². The Morgan fingerprint density at radius 3 is 2.50 bits per heavy atom. The normalized spacial score (nSPS) is 11.3. The van der Waals surface area contributed by atoms with Crippen molar-refractivity contribution in [3.05, 3.63) is 59.7 Å². The summed E-state index contributed by atoms with van der Waals surface area (Å²) in [5.74, 6) is 0.461. The zero-order chi connectivity index (χ0) is 15.8. The van der Waals surface area contributed by atoms with Crippen LogP contribution >= 0.6 is 0 Å². The molecule has 0 radical (unpaired) electrons. The second kappa shape index (κ2) is 8.08. The van der Waals surface area contributed by atoms with Gasteiger partial charge in [-0.25, -0.2) is 0 Å². The van der Waals surface area contributed by atoms with Crippen molar-refractivity contribution in [2.24, 2.45) is 10.7 Å². The average Bonchev–Trinajstić information content (AvgIpc) is 2.52. The maximum Gasteiger partial charge on any atom is 0.193 e. The SMILES string of the molecule is Cc1ccc(NC(N)=NCCCNc2ccccc2)cc1C. The van der Waals surface area contributed by atoms with E-state index in [1.54, 1.807) is 0 Å². The zero-order valence-corrected chi connectivity index (χ0v) is 13.3. The first-order valence-corrected chi connectivity index (χ1v) is 7.58. The number of para-hydroxylation sites is 1. The summed E-state index contributed by atoms with van der Waals surface area (Å²) in [6.45, 7) is 5.76. The van der Waals surface area contributed by atoms with Crippen molar-refractivity contribution in [1.29, 1.82) is 0 Å². The van der Waals surface area contributed by atoms with E-state index in [1.807, 2.05) is 24.3 Å². The molecular weight excluding hydrogens is 272 g/mol. The summed E-state index contributed by atoms with van der Waals surface area (Å²) < 4.78 is 0. The lowest BCUT2D eigenvalue weighted by Gasteiger charge is -2.08. The number of nitrogens with one attached hydrogen (secondary N) is 2. The van der Waals surface area contributed by atoms with Crippen LogP contribution in [0.1, 0.15) is 17.5 Å². The van der Waals surface area contributed by atoms with Crippen molar-refractivity contribution < 1.29 is 0 Å². The largest absolute Gasteiger partial charge is 0.385 e. The first-order valence-electron chi connectivity index (χ1n) is 7.58. The van der Waals surface area contributed by atoms with Crippen molar-refractivity contribution in [2.75, 3.05) is 23.7 Å². The van der Waals surface area contributed by atoms with Crippen LogP contribution in [0.2, 0.25) is 0 Å². The molecule has 22 heavy (non-hydrogen) atoms. The number of aryl methyl sites for hydroxylation is 2. The van der Waals surface area contributed by atoms with Gasteiger partial charge in [0.1, 0.15) is 0 Å². The molecule has 0 atom stereocenters. The van der Waals surface area contributed by atoms with Gasteiger partial charge in [-0.05, 0) is 55.7 Å². The van der Waals surface area contributed by atoms with Gasteiger partial charge in [0.25, 0.3) is 0 Å². The standard InChI is InChI=1S/C18H24N4/c1-14-9-10-17(13-15(14)2)22-18(19)21-12-6-11-20-16-7-4-3-5-8-16/h3-5,7-10,13,20H,6,11-12H2,1-2H3,(H3,19,21,22). The molecule has 0 saturated heterocycles. The lowest BCUT2D eigenvalue weighted by Crippen LogP contribution is -2.23. The van der Waals surface area contributed by atoms with Crippen molar-refractivity contribution >= 4 is 17.3 Å². The van der Waals surface area contributed by atoms with Crippen LogP contribution in [0.25, 0.3) is 0 Å². The van der Waals surface area contributed by atoms with Gasteiger partial charge in [-0.1, -0.05) is 24.3 Å². The minimum atomic E-state index is 0.461. The van der Waals surface area contributed by atoms with E-state index in [-0.39, 0.29) is 0 Å². The number of anilines is 2. The number of guanidine groups is 1. The van der Waals surface area contributed by atoms with Crippen LogP contribution in [-0.4, -0.2) is 19.0 Å². The molecule has 0 aliphatic heterocycles. The predicted molar refractivity (Wildman–Crippen MR) is 95.6 cm³/mol. The van der Waals surface area contributed by atoms with Gasteiger partial charge >= 0.3 is 0 Å². The summed E-state index contributed by atoms with van der Waals surface area (Å²) in [5, 5.41) is 6.48. The van der Waals surface area contributed by atoms with Crippen LogP contribution in [0.4, 0.5) is 11.4 Å². The van der Waals surface area contributed by atoms with Gasteiger partial charge in [-0.3, -0.25) is 4.99 Å². The summed E-state index contributed by atoms with van der Waals surface area (Å²) in [7, 11) is 0. The monoisotopic (exact) mass is 296 g/mol. The predicted octanol–water partition coefficient (Wildman–Crippen LogP) is 3.53. The molecular formula is C18H24N4. The van der Waals surface area contributed by atoms with Crippen LogP contribution in [0.5, 0.6) is 0 Å². The second-order valence-electron chi connectivity index (χ2n) is 5.34. The lowest BCUT2D eigenvalue weighted by molar-refractivity contribution is 0.873. The van der Waals surface area contributed by atoms with Crippen LogP contribution in [0.15, 0.2) is 53.5 Å². The van der Waals surface area contributed by atoms with Crippen LogP contribution in [-0.2, 0) is 0 Å². The third-order valence-corrected chi connectivity index (χ3v) is 3.50. The minimum absolute atomic E-state index is 0.461. The molecule has 4 heteroatoms. The van der Waals surface area contributed by atoms with E-state index in [1.165, 1.54) is 11.1 Å². The zero-order valence-electron chi connectivity index (χ0n) is 13.3. The van der Waals surface area contributed by atoms with Gasteiger partial charge in [0.05, 0.1) is 0 Å². The maximum absolute atomic E-state index is 5.91. The van der Waals surface area contributed by atoms with E-state index in [9.17, 15) is 0 Å². The van der Waals surface area contributed by atoms with Crippen molar-refractivity contribution in [3.8, 4) is 0 Å². The lowest BCUT2D eigenvalue weighted by atomic mass is 10.1. The molecule has 0 unspecified atom stereocenters. The van der Waals surface area contributed by atoms with Crippen molar-refractivity contribution in [2.45, 2.75) is 20.3 Å². The molecule has 0 saturated carbocycles. The van der Waals surface area contributed by atoms with E-state index in [4.69, 9.17) is 5.73 Å². The Hall–Kier alpha value is -2.49. The first-order chi connectivity index (χ1) is 10.6. The van der Waals surface area contributed by atoms with Gasteiger partial charge in [0.15, 0.2) is 5.96 Å². The summed E-state index contributed by atoms with van der Waals surface area (Å²) >= 11 is 0. The number of nitrogens with zero attached hydrogens (tertiary/aromatic N) is 1. The van der Waals surface area contributed by atoms with Crippen LogP contribution in [0.3, 0.4) is 0 Å². The molecule has 4 nitrogen and oxygen atoms in total. The molecule has 0 bridgehead atoms. The number of hydrogen-bond donors (Lipinski definition) is 3.